The maximum absolute atomic E-state index is 10.9. The number of ether oxygens (including phenoxy) is 1. The number of nitrogens with zero attached hydrogens (tertiary/aromatic N) is 3. The van der Waals surface area contributed by atoms with Crippen LogP contribution < -0.4 is 0 Å². The van der Waals surface area contributed by atoms with Crippen LogP contribution in [0.4, 0.5) is 0 Å². The fraction of sp³-hybridized carbons (Fsp3) is 0.909. The Morgan fingerprint density at radius 3 is 2.94 bits per heavy atom. The third-order valence-corrected chi connectivity index (χ3v) is 3.31. The van der Waals surface area contributed by atoms with E-state index >= 15 is 0 Å². The molecule has 1 unspecified atom stereocenters. The Labute approximate surface area is 103 Å². The molecule has 100 valence electrons. The van der Waals surface area contributed by atoms with Crippen LogP contribution in [-0.4, -0.2) is 72.6 Å². The van der Waals surface area contributed by atoms with E-state index in [0.29, 0.717) is 6.61 Å². The molecular formula is C11H23N3O3. The maximum atomic E-state index is 10.9. The summed E-state index contributed by atoms with van der Waals surface area (Å²) in [5.41, 5.74) is 0. The number of hydroxylamine groups is 1. The quantitative estimate of drug-likeness (QED) is 0.392. The van der Waals surface area contributed by atoms with E-state index in [1.165, 1.54) is 5.17 Å². The zero-order valence-electron chi connectivity index (χ0n) is 10.9. The van der Waals surface area contributed by atoms with Crippen LogP contribution in [0.5, 0.6) is 0 Å². The fourth-order valence-corrected chi connectivity index (χ4v) is 1.98. The summed E-state index contributed by atoms with van der Waals surface area (Å²) in [6.07, 6.45) is 2.48. The van der Waals surface area contributed by atoms with Gasteiger partial charge in [0.2, 0.25) is 0 Å². The average Bonchev–Trinajstić information content (AvgIpc) is 2.82. The molecule has 0 radical (unpaired) electrons. The molecule has 0 aliphatic carbocycles. The molecule has 1 aliphatic heterocycles. The summed E-state index contributed by atoms with van der Waals surface area (Å²) in [5.74, 6) is 0. The molecular weight excluding hydrogens is 222 g/mol. The lowest BCUT2D eigenvalue weighted by Gasteiger charge is -2.37. The van der Waals surface area contributed by atoms with Gasteiger partial charge in [0.05, 0.1) is 18.8 Å². The second kappa shape index (κ2) is 7.03. The zero-order valence-corrected chi connectivity index (χ0v) is 10.9. The number of rotatable bonds is 7. The van der Waals surface area contributed by atoms with Crippen molar-refractivity contribution < 1.29 is 14.7 Å². The highest BCUT2D eigenvalue weighted by molar-refractivity contribution is 5.57. The van der Waals surface area contributed by atoms with Crippen LogP contribution in [0.15, 0.2) is 0 Å². The van der Waals surface area contributed by atoms with Crippen molar-refractivity contribution in [1.82, 2.24) is 15.1 Å². The molecule has 1 N–H and O–H groups in total. The van der Waals surface area contributed by atoms with E-state index < -0.39 is 0 Å². The number of hydrogen-bond donors (Lipinski definition) is 1. The van der Waals surface area contributed by atoms with Crippen molar-refractivity contribution in [3.05, 3.63) is 0 Å². The SMILES string of the molecule is COCCN(C)[C@@H](C)N(O)N1CCCC1C=O. The van der Waals surface area contributed by atoms with Gasteiger partial charge in [-0.25, -0.2) is 5.01 Å². The van der Waals surface area contributed by atoms with Crippen LogP contribution in [0, 0.1) is 0 Å². The molecule has 2 atom stereocenters. The van der Waals surface area contributed by atoms with E-state index in [-0.39, 0.29) is 12.2 Å². The number of likely N-dealkylation sites (N-methyl/N-ethyl adjacent to an activating group) is 1. The van der Waals surface area contributed by atoms with Gasteiger partial charge in [0.15, 0.2) is 0 Å². The normalized spacial score (nSPS) is 23.5. The van der Waals surface area contributed by atoms with Gasteiger partial charge in [-0.05, 0) is 26.8 Å². The van der Waals surface area contributed by atoms with E-state index in [9.17, 15) is 10.0 Å². The van der Waals surface area contributed by atoms with Crippen molar-refractivity contribution in [1.29, 1.82) is 0 Å². The molecule has 0 aromatic carbocycles. The van der Waals surface area contributed by atoms with E-state index in [1.807, 2.05) is 18.9 Å². The van der Waals surface area contributed by atoms with Crippen LogP contribution >= 0.6 is 0 Å². The van der Waals surface area contributed by atoms with E-state index in [0.717, 1.165) is 32.2 Å². The highest BCUT2D eigenvalue weighted by atomic mass is 16.6. The van der Waals surface area contributed by atoms with Crippen molar-refractivity contribution in [2.24, 2.45) is 0 Å². The Bertz CT molecular complexity index is 240. The first kappa shape index (κ1) is 14.5. The number of carbonyl (C=O) groups excluding carboxylic acids is 1. The molecule has 1 saturated heterocycles. The van der Waals surface area contributed by atoms with Gasteiger partial charge in [0.1, 0.15) is 6.29 Å². The smallest absolute Gasteiger partial charge is 0.138 e. The fourth-order valence-electron chi connectivity index (χ4n) is 1.98. The summed E-state index contributed by atoms with van der Waals surface area (Å²) in [4.78, 5) is 12.8. The summed E-state index contributed by atoms with van der Waals surface area (Å²) in [5, 5.41) is 13.0. The van der Waals surface area contributed by atoms with Crippen LogP contribution in [0.1, 0.15) is 19.8 Å². The predicted octanol–water partition coefficient (Wildman–Crippen LogP) is 0.180. The number of hydrogen-bond acceptors (Lipinski definition) is 6. The van der Waals surface area contributed by atoms with E-state index in [1.54, 1.807) is 12.1 Å². The molecule has 1 aliphatic rings. The van der Waals surface area contributed by atoms with Gasteiger partial charge in [-0.15, -0.1) is 5.17 Å². The molecule has 6 nitrogen and oxygen atoms in total. The number of carbonyl (C=O) groups is 1. The molecule has 0 aromatic rings. The molecule has 1 rings (SSSR count). The molecule has 17 heavy (non-hydrogen) atoms. The third-order valence-electron chi connectivity index (χ3n) is 3.31. The number of aldehydes is 1. The van der Waals surface area contributed by atoms with Crippen LogP contribution in [0.3, 0.4) is 0 Å². The molecule has 1 heterocycles. The standard InChI is InChI=1S/C11H23N3O3/c1-10(12(2)7-8-17-3)14(16)13-6-4-5-11(13)9-15/h9-11,16H,4-8H2,1-3H3/t10-,11?/m1/s1. The number of hydrazine groups is 1. The zero-order chi connectivity index (χ0) is 12.8. The van der Waals surface area contributed by atoms with Crippen molar-refractivity contribution in [3.63, 3.8) is 0 Å². The highest BCUT2D eigenvalue weighted by Crippen LogP contribution is 2.19. The summed E-state index contributed by atoms with van der Waals surface area (Å²) in [7, 11) is 3.57. The minimum Gasteiger partial charge on any atom is -0.383 e. The summed E-state index contributed by atoms with van der Waals surface area (Å²) >= 11 is 0. The minimum absolute atomic E-state index is 0.175. The van der Waals surface area contributed by atoms with Gasteiger partial charge in [-0.2, -0.15) is 0 Å². The molecule has 6 heteroatoms. The van der Waals surface area contributed by atoms with Crippen LogP contribution in [0.2, 0.25) is 0 Å². The van der Waals surface area contributed by atoms with Crippen molar-refractivity contribution in [2.75, 3.05) is 33.9 Å². The van der Waals surface area contributed by atoms with E-state index in [4.69, 9.17) is 4.74 Å². The first-order valence-corrected chi connectivity index (χ1v) is 6.01. The molecule has 0 bridgehead atoms. The molecule has 0 spiro atoms. The van der Waals surface area contributed by atoms with Crippen LogP contribution in [0.25, 0.3) is 0 Å². The first-order valence-electron chi connectivity index (χ1n) is 6.01. The van der Waals surface area contributed by atoms with Crippen LogP contribution in [-0.2, 0) is 9.53 Å². The average molecular weight is 245 g/mol. The largest absolute Gasteiger partial charge is 0.383 e. The Morgan fingerprint density at radius 1 is 1.65 bits per heavy atom. The van der Waals surface area contributed by atoms with Crippen molar-refractivity contribution >= 4 is 6.29 Å². The Kier molecular flexibility index (Phi) is 6.01. The Morgan fingerprint density at radius 2 is 2.35 bits per heavy atom. The van der Waals surface area contributed by atoms with Gasteiger partial charge in [0, 0.05) is 20.2 Å². The Hall–Kier alpha value is -0.530. The van der Waals surface area contributed by atoms with Gasteiger partial charge in [-0.1, -0.05) is 0 Å². The van der Waals surface area contributed by atoms with Gasteiger partial charge in [-0.3, -0.25) is 10.1 Å². The molecule has 0 saturated carbocycles. The van der Waals surface area contributed by atoms with Gasteiger partial charge >= 0.3 is 0 Å². The third kappa shape index (κ3) is 3.72. The second-order valence-corrected chi connectivity index (χ2v) is 4.43. The van der Waals surface area contributed by atoms with Crippen molar-refractivity contribution in [3.8, 4) is 0 Å². The highest BCUT2D eigenvalue weighted by Gasteiger charge is 2.32. The topological polar surface area (TPSA) is 56.2 Å². The molecule has 0 aromatic heterocycles. The number of methoxy groups -OCH3 is 1. The maximum Gasteiger partial charge on any atom is 0.138 e. The Balaban J connectivity index is 2.49. The lowest BCUT2D eigenvalue weighted by molar-refractivity contribution is -0.293. The van der Waals surface area contributed by atoms with E-state index in [2.05, 4.69) is 0 Å². The van der Waals surface area contributed by atoms with Crippen molar-refractivity contribution in [2.45, 2.75) is 32.0 Å². The van der Waals surface area contributed by atoms with Gasteiger partial charge in [0.25, 0.3) is 0 Å². The summed E-state index contributed by atoms with van der Waals surface area (Å²) in [6, 6.07) is -0.196. The predicted molar refractivity (Wildman–Crippen MR) is 63.4 cm³/mol. The first-order chi connectivity index (χ1) is 8.11. The second-order valence-electron chi connectivity index (χ2n) is 4.43. The summed E-state index contributed by atoms with van der Waals surface area (Å²) < 4.78 is 5.00. The lowest BCUT2D eigenvalue weighted by atomic mass is 10.2. The molecule has 1 fully saturated rings. The monoisotopic (exact) mass is 245 g/mol. The lowest BCUT2D eigenvalue weighted by Crippen LogP contribution is -2.54. The minimum atomic E-state index is -0.196. The van der Waals surface area contributed by atoms with Gasteiger partial charge < -0.3 is 9.53 Å². The summed E-state index contributed by atoms with van der Waals surface area (Å²) in [6.45, 7) is 3.97. The molecule has 0 amide bonds.